The summed E-state index contributed by atoms with van der Waals surface area (Å²) in [5, 5.41) is 0. The molecule has 0 bridgehead atoms. The highest BCUT2D eigenvalue weighted by molar-refractivity contribution is 5.43. The van der Waals surface area contributed by atoms with Crippen molar-refractivity contribution in [2.24, 2.45) is 11.3 Å². The highest BCUT2D eigenvalue weighted by atomic mass is 15.2. The minimum atomic E-state index is 0.431. The van der Waals surface area contributed by atoms with Crippen molar-refractivity contribution in [1.29, 1.82) is 0 Å². The molecule has 0 aromatic heterocycles. The van der Waals surface area contributed by atoms with Gasteiger partial charge in [0.1, 0.15) is 0 Å². The Morgan fingerprint density at radius 2 is 1.85 bits per heavy atom. The lowest BCUT2D eigenvalue weighted by Crippen LogP contribution is -2.32. The van der Waals surface area contributed by atoms with Crippen molar-refractivity contribution in [3.63, 3.8) is 0 Å². The van der Waals surface area contributed by atoms with Gasteiger partial charge in [-0.2, -0.15) is 0 Å². The second-order valence-electron chi connectivity index (χ2n) is 7.99. The fraction of sp³-hybridized carbons (Fsp3) is 0.667. The molecule has 2 fully saturated rings. The van der Waals surface area contributed by atoms with Gasteiger partial charge in [-0.3, -0.25) is 0 Å². The minimum absolute atomic E-state index is 0.431. The molecule has 20 heavy (non-hydrogen) atoms. The van der Waals surface area contributed by atoms with Crippen molar-refractivity contribution in [2.75, 3.05) is 25.4 Å². The zero-order valence-electron chi connectivity index (χ0n) is 13.2. The molecule has 0 spiro atoms. The zero-order chi connectivity index (χ0) is 14.4. The first-order chi connectivity index (χ1) is 9.39. The van der Waals surface area contributed by atoms with Crippen LogP contribution in [0, 0.1) is 11.3 Å². The van der Waals surface area contributed by atoms with Crippen molar-refractivity contribution < 1.29 is 0 Å². The fourth-order valence-corrected chi connectivity index (χ4v) is 3.64. The van der Waals surface area contributed by atoms with Crippen LogP contribution in [0.2, 0.25) is 0 Å². The molecule has 1 unspecified atom stereocenters. The number of likely N-dealkylation sites (tertiary alicyclic amines) is 1. The van der Waals surface area contributed by atoms with Gasteiger partial charge in [0, 0.05) is 24.2 Å². The van der Waals surface area contributed by atoms with Crippen LogP contribution in [0.3, 0.4) is 0 Å². The lowest BCUT2D eigenvalue weighted by atomic mass is 9.80. The first-order valence-corrected chi connectivity index (χ1v) is 7.97. The Hall–Kier alpha value is -1.02. The highest BCUT2D eigenvalue weighted by Gasteiger charge is 2.46. The van der Waals surface area contributed by atoms with Gasteiger partial charge in [-0.25, -0.2) is 0 Å². The Labute approximate surface area is 123 Å². The van der Waals surface area contributed by atoms with Gasteiger partial charge >= 0.3 is 0 Å². The van der Waals surface area contributed by atoms with Crippen LogP contribution in [-0.2, 0) is 5.41 Å². The normalized spacial score (nSPS) is 25.9. The third-order valence-corrected chi connectivity index (χ3v) is 5.40. The Morgan fingerprint density at radius 1 is 1.20 bits per heavy atom. The summed E-state index contributed by atoms with van der Waals surface area (Å²) in [5.74, 6) is 0.852. The van der Waals surface area contributed by atoms with Gasteiger partial charge in [0.25, 0.3) is 0 Å². The molecule has 1 aliphatic carbocycles. The summed E-state index contributed by atoms with van der Waals surface area (Å²) in [5.41, 5.74) is 9.06. The third kappa shape index (κ3) is 2.71. The molecule has 1 aliphatic heterocycles. The van der Waals surface area contributed by atoms with Crippen LogP contribution in [-0.4, -0.2) is 24.5 Å². The maximum atomic E-state index is 5.81. The fourth-order valence-electron chi connectivity index (χ4n) is 3.64. The van der Waals surface area contributed by atoms with Crippen LogP contribution in [0.4, 0.5) is 5.69 Å². The van der Waals surface area contributed by atoms with Gasteiger partial charge in [0.05, 0.1) is 0 Å². The lowest BCUT2D eigenvalue weighted by Gasteiger charge is -2.28. The molecule has 0 radical (unpaired) electrons. The summed E-state index contributed by atoms with van der Waals surface area (Å²) in [6, 6.07) is 8.58. The predicted octanol–water partition coefficient (Wildman–Crippen LogP) is 3.67. The van der Waals surface area contributed by atoms with Crippen LogP contribution in [0.25, 0.3) is 0 Å². The number of anilines is 1. The van der Waals surface area contributed by atoms with E-state index in [0.717, 1.165) is 11.6 Å². The summed E-state index contributed by atoms with van der Waals surface area (Å²) in [6.45, 7) is 10.9. The molecule has 2 heteroatoms. The summed E-state index contributed by atoms with van der Waals surface area (Å²) in [6.07, 6.45) is 4.04. The van der Waals surface area contributed by atoms with E-state index in [1.165, 1.54) is 44.5 Å². The lowest BCUT2D eigenvalue weighted by molar-refractivity contribution is 0.221. The van der Waals surface area contributed by atoms with E-state index in [1.807, 2.05) is 0 Å². The Balaban J connectivity index is 1.65. The number of nitrogens with two attached hydrogens (primary N) is 1. The van der Waals surface area contributed by atoms with E-state index in [2.05, 4.69) is 49.9 Å². The quantitative estimate of drug-likeness (QED) is 0.851. The van der Waals surface area contributed by atoms with Crippen molar-refractivity contribution >= 4 is 5.69 Å². The summed E-state index contributed by atoms with van der Waals surface area (Å²) < 4.78 is 0. The number of nitrogen functional groups attached to an aromatic ring is 1. The van der Waals surface area contributed by atoms with E-state index < -0.39 is 0 Å². The topological polar surface area (TPSA) is 29.3 Å². The maximum Gasteiger partial charge on any atom is 0.0314 e. The molecule has 2 nitrogen and oxygen atoms in total. The molecule has 0 amide bonds. The monoisotopic (exact) mass is 272 g/mol. The molecular formula is C18H28N2. The van der Waals surface area contributed by atoms with Crippen molar-refractivity contribution in [3.8, 4) is 0 Å². The second kappa shape index (κ2) is 4.77. The molecule has 1 atom stereocenters. The van der Waals surface area contributed by atoms with Gasteiger partial charge < -0.3 is 10.6 Å². The third-order valence-electron chi connectivity index (χ3n) is 5.40. The number of benzene rings is 1. The van der Waals surface area contributed by atoms with Crippen LogP contribution >= 0.6 is 0 Å². The number of rotatable bonds is 3. The molecule has 1 heterocycles. The first kappa shape index (κ1) is 13.9. The van der Waals surface area contributed by atoms with Gasteiger partial charge in [-0.15, -0.1) is 0 Å². The SMILES string of the molecule is CC(C)(C)C1CCN(CC2(c3ccc(N)cc3)CC2)C1. The van der Waals surface area contributed by atoms with Crippen LogP contribution in [0.15, 0.2) is 24.3 Å². The first-order valence-electron chi connectivity index (χ1n) is 7.97. The van der Waals surface area contributed by atoms with Crippen molar-refractivity contribution in [1.82, 2.24) is 4.90 Å². The Bertz CT molecular complexity index is 465. The highest BCUT2D eigenvalue weighted by Crippen LogP contribution is 2.49. The van der Waals surface area contributed by atoms with Gasteiger partial charge in [0.2, 0.25) is 0 Å². The molecule has 2 aliphatic rings. The van der Waals surface area contributed by atoms with Crippen molar-refractivity contribution in [2.45, 2.75) is 45.4 Å². The van der Waals surface area contributed by atoms with Gasteiger partial charge in [-0.1, -0.05) is 32.9 Å². The number of hydrogen-bond acceptors (Lipinski definition) is 2. The largest absolute Gasteiger partial charge is 0.399 e. The predicted molar refractivity (Wildman–Crippen MR) is 85.8 cm³/mol. The van der Waals surface area contributed by atoms with Gasteiger partial charge in [0.15, 0.2) is 0 Å². The standard InChI is InChI=1S/C18H28N2/c1-17(2,3)15-8-11-20(12-15)13-18(9-10-18)14-4-6-16(19)7-5-14/h4-7,15H,8-13,19H2,1-3H3. The molecule has 1 aromatic rings. The van der Waals surface area contributed by atoms with Crippen molar-refractivity contribution in [3.05, 3.63) is 29.8 Å². The molecule has 110 valence electrons. The number of hydrogen-bond donors (Lipinski definition) is 1. The van der Waals surface area contributed by atoms with E-state index in [9.17, 15) is 0 Å². The van der Waals surface area contributed by atoms with E-state index in [0.29, 0.717) is 10.8 Å². The van der Waals surface area contributed by atoms with E-state index >= 15 is 0 Å². The molecule has 2 N–H and O–H groups in total. The maximum absolute atomic E-state index is 5.81. The summed E-state index contributed by atoms with van der Waals surface area (Å²) in [7, 11) is 0. The van der Waals surface area contributed by atoms with E-state index in [4.69, 9.17) is 5.73 Å². The van der Waals surface area contributed by atoms with Gasteiger partial charge in [-0.05, 0) is 54.8 Å². The molecule has 1 saturated carbocycles. The zero-order valence-corrected chi connectivity index (χ0v) is 13.2. The Morgan fingerprint density at radius 3 is 2.35 bits per heavy atom. The number of nitrogens with zero attached hydrogens (tertiary/aromatic N) is 1. The Kier molecular flexibility index (Phi) is 3.32. The average Bonchev–Trinajstić information content (AvgIpc) is 2.98. The van der Waals surface area contributed by atoms with E-state index in [1.54, 1.807) is 0 Å². The molecule has 1 saturated heterocycles. The minimum Gasteiger partial charge on any atom is -0.399 e. The molecule has 1 aromatic carbocycles. The summed E-state index contributed by atoms with van der Waals surface area (Å²) >= 11 is 0. The van der Waals surface area contributed by atoms with Crippen LogP contribution < -0.4 is 5.73 Å². The summed E-state index contributed by atoms with van der Waals surface area (Å²) in [4.78, 5) is 2.69. The smallest absolute Gasteiger partial charge is 0.0314 e. The van der Waals surface area contributed by atoms with Crippen LogP contribution in [0.1, 0.15) is 45.6 Å². The average molecular weight is 272 g/mol. The molecular weight excluding hydrogens is 244 g/mol. The van der Waals surface area contributed by atoms with Crippen LogP contribution in [0.5, 0.6) is 0 Å². The van der Waals surface area contributed by atoms with E-state index in [-0.39, 0.29) is 0 Å². The second-order valence-corrected chi connectivity index (χ2v) is 7.99. The molecule has 3 rings (SSSR count).